The molecule has 1 aliphatic rings. The van der Waals surface area contributed by atoms with Crippen molar-refractivity contribution in [2.24, 2.45) is 0 Å². The lowest BCUT2D eigenvalue weighted by Crippen LogP contribution is -2.27. The van der Waals surface area contributed by atoms with Crippen LogP contribution in [0.1, 0.15) is 43.2 Å². The first-order valence-corrected chi connectivity index (χ1v) is 7.70. The third kappa shape index (κ3) is 4.70. The van der Waals surface area contributed by atoms with Gasteiger partial charge < -0.3 is 5.32 Å². The number of hydroxylamine groups is 1. The molecule has 0 heterocycles. The van der Waals surface area contributed by atoms with Crippen molar-refractivity contribution in [3.8, 4) is 0 Å². The Morgan fingerprint density at radius 3 is 2.73 bits per heavy atom. The van der Waals surface area contributed by atoms with Crippen LogP contribution >= 0.6 is 0 Å². The third-order valence-electron chi connectivity index (χ3n) is 3.83. The lowest BCUT2D eigenvalue weighted by molar-refractivity contribution is -0.129. The molecule has 0 saturated carbocycles. The normalized spacial score (nSPS) is 13.0. The van der Waals surface area contributed by atoms with Crippen molar-refractivity contribution in [2.75, 3.05) is 6.54 Å². The van der Waals surface area contributed by atoms with E-state index in [0.29, 0.717) is 19.4 Å². The Hall–Kier alpha value is -2.14. The number of unbranched alkanes of at least 4 members (excludes halogenated alkanes) is 2. The number of aryl methyl sites for hydroxylation is 1. The van der Waals surface area contributed by atoms with Crippen molar-refractivity contribution in [1.82, 2.24) is 10.8 Å². The second kappa shape index (κ2) is 8.34. The fourth-order valence-electron chi connectivity index (χ4n) is 2.57. The first-order valence-electron chi connectivity index (χ1n) is 7.70. The summed E-state index contributed by atoms with van der Waals surface area (Å²) in [5.74, 6) is -0.363. The molecular weight excluding hydrogens is 280 g/mol. The Balaban J connectivity index is 1.70. The molecule has 1 aromatic rings. The first-order chi connectivity index (χ1) is 10.7. The highest BCUT2D eigenvalue weighted by Gasteiger charge is 2.15. The zero-order valence-electron chi connectivity index (χ0n) is 12.6. The molecule has 118 valence electrons. The average molecular weight is 302 g/mol. The van der Waals surface area contributed by atoms with Gasteiger partial charge >= 0.3 is 0 Å². The van der Waals surface area contributed by atoms with Crippen LogP contribution in [0, 0.1) is 0 Å². The maximum atomic E-state index is 12.1. The van der Waals surface area contributed by atoms with Crippen LogP contribution in [0.4, 0.5) is 0 Å². The summed E-state index contributed by atoms with van der Waals surface area (Å²) in [6.07, 6.45) is 6.35. The minimum atomic E-state index is -0.366. The van der Waals surface area contributed by atoms with Crippen LogP contribution in [0.25, 0.3) is 6.08 Å². The average Bonchev–Trinajstić information content (AvgIpc) is 2.56. The second-order valence-corrected chi connectivity index (χ2v) is 5.47. The van der Waals surface area contributed by atoms with Crippen molar-refractivity contribution in [1.29, 1.82) is 0 Å². The van der Waals surface area contributed by atoms with Crippen LogP contribution in [0.2, 0.25) is 0 Å². The minimum absolute atomic E-state index is 0.00241. The highest BCUT2D eigenvalue weighted by molar-refractivity contribution is 5.98. The molecule has 1 aromatic carbocycles. The number of rotatable bonds is 7. The van der Waals surface area contributed by atoms with E-state index in [9.17, 15) is 9.59 Å². The van der Waals surface area contributed by atoms with Gasteiger partial charge in [-0.2, -0.15) is 0 Å². The molecule has 22 heavy (non-hydrogen) atoms. The van der Waals surface area contributed by atoms with Crippen LogP contribution in [0.15, 0.2) is 29.8 Å². The molecule has 2 rings (SSSR count). The number of nitrogens with one attached hydrogen (secondary N) is 2. The van der Waals surface area contributed by atoms with Gasteiger partial charge in [-0.15, -0.1) is 0 Å². The molecule has 5 heteroatoms. The summed E-state index contributed by atoms with van der Waals surface area (Å²) in [6, 6.07) is 8.14. The first kappa shape index (κ1) is 16.2. The molecular formula is C17H22N2O3. The van der Waals surface area contributed by atoms with E-state index in [1.54, 1.807) is 5.48 Å². The van der Waals surface area contributed by atoms with E-state index in [4.69, 9.17) is 5.21 Å². The standard InChI is InChI=1S/C17H22N2O3/c20-16(19-22)8-2-1-5-11-18-17(21)15-10-9-13-6-3-4-7-14(13)12-15/h3-4,6-7,12,22H,1-2,5,8-11H2,(H,18,21)(H,19,20). The maximum Gasteiger partial charge on any atom is 0.247 e. The van der Waals surface area contributed by atoms with E-state index in [2.05, 4.69) is 11.4 Å². The molecule has 0 unspecified atom stereocenters. The van der Waals surface area contributed by atoms with Crippen LogP contribution in [0.3, 0.4) is 0 Å². The van der Waals surface area contributed by atoms with E-state index in [1.165, 1.54) is 5.56 Å². The Morgan fingerprint density at radius 1 is 1.09 bits per heavy atom. The van der Waals surface area contributed by atoms with Gasteiger partial charge in [0.2, 0.25) is 11.8 Å². The van der Waals surface area contributed by atoms with Gasteiger partial charge in [-0.3, -0.25) is 14.8 Å². The van der Waals surface area contributed by atoms with Gasteiger partial charge in [-0.25, -0.2) is 5.48 Å². The number of carbonyl (C=O) groups excluding carboxylic acids is 2. The summed E-state index contributed by atoms with van der Waals surface area (Å²) in [4.78, 5) is 22.9. The highest BCUT2D eigenvalue weighted by atomic mass is 16.5. The van der Waals surface area contributed by atoms with Gasteiger partial charge in [0, 0.05) is 18.5 Å². The smallest absolute Gasteiger partial charge is 0.247 e. The van der Waals surface area contributed by atoms with Crippen LogP contribution < -0.4 is 10.8 Å². The molecule has 5 nitrogen and oxygen atoms in total. The van der Waals surface area contributed by atoms with Gasteiger partial charge in [0.25, 0.3) is 0 Å². The Bertz CT molecular complexity index is 567. The lowest BCUT2D eigenvalue weighted by Gasteiger charge is -2.16. The summed E-state index contributed by atoms with van der Waals surface area (Å²) in [6.45, 7) is 0.610. The number of amides is 2. The molecule has 0 spiro atoms. The molecule has 3 N–H and O–H groups in total. The zero-order valence-corrected chi connectivity index (χ0v) is 12.6. The van der Waals surface area contributed by atoms with Crippen LogP contribution in [-0.2, 0) is 16.0 Å². The number of hydrogen-bond acceptors (Lipinski definition) is 3. The topological polar surface area (TPSA) is 78.4 Å². The molecule has 0 aliphatic heterocycles. The quantitative estimate of drug-likeness (QED) is 0.410. The molecule has 0 atom stereocenters. The van der Waals surface area contributed by atoms with Crippen molar-refractivity contribution in [3.05, 3.63) is 41.0 Å². The number of fused-ring (bicyclic) bond motifs is 1. The zero-order chi connectivity index (χ0) is 15.8. The second-order valence-electron chi connectivity index (χ2n) is 5.47. The number of hydrogen-bond donors (Lipinski definition) is 3. The van der Waals surface area contributed by atoms with E-state index in [-0.39, 0.29) is 11.8 Å². The number of carbonyl (C=O) groups is 2. The van der Waals surface area contributed by atoms with Gasteiger partial charge in [-0.05, 0) is 42.9 Å². The number of benzene rings is 1. The molecule has 2 amide bonds. The molecule has 1 aliphatic carbocycles. The molecule has 0 radical (unpaired) electrons. The summed E-state index contributed by atoms with van der Waals surface area (Å²) >= 11 is 0. The predicted octanol–water partition coefficient (Wildman–Crippen LogP) is 2.20. The lowest BCUT2D eigenvalue weighted by atomic mass is 9.92. The minimum Gasteiger partial charge on any atom is -0.352 e. The van der Waals surface area contributed by atoms with Crippen LogP contribution in [-0.4, -0.2) is 23.6 Å². The summed E-state index contributed by atoms with van der Waals surface area (Å²) in [5, 5.41) is 11.3. The maximum absolute atomic E-state index is 12.1. The largest absolute Gasteiger partial charge is 0.352 e. The Kier molecular flexibility index (Phi) is 6.15. The highest BCUT2D eigenvalue weighted by Crippen LogP contribution is 2.23. The third-order valence-corrected chi connectivity index (χ3v) is 3.83. The fourth-order valence-corrected chi connectivity index (χ4v) is 2.57. The summed E-state index contributed by atoms with van der Waals surface area (Å²) in [7, 11) is 0. The summed E-state index contributed by atoms with van der Waals surface area (Å²) in [5.41, 5.74) is 4.87. The monoisotopic (exact) mass is 302 g/mol. The molecule has 0 saturated heterocycles. The van der Waals surface area contributed by atoms with E-state index >= 15 is 0 Å². The molecule has 0 fully saturated rings. The molecule has 0 aromatic heterocycles. The van der Waals surface area contributed by atoms with Gasteiger partial charge in [0.1, 0.15) is 0 Å². The summed E-state index contributed by atoms with van der Waals surface area (Å²) < 4.78 is 0. The SMILES string of the molecule is O=C(CCCCCNC(=O)C1=Cc2ccccc2CC1)NO. The van der Waals surface area contributed by atoms with Crippen molar-refractivity contribution >= 4 is 17.9 Å². The van der Waals surface area contributed by atoms with E-state index < -0.39 is 0 Å². The van der Waals surface area contributed by atoms with Gasteiger partial charge in [-0.1, -0.05) is 30.7 Å². The van der Waals surface area contributed by atoms with Crippen molar-refractivity contribution < 1.29 is 14.8 Å². The van der Waals surface area contributed by atoms with Gasteiger partial charge in [0.15, 0.2) is 0 Å². The molecule has 0 bridgehead atoms. The predicted molar refractivity (Wildman–Crippen MR) is 84.1 cm³/mol. The Labute approximate surface area is 130 Å². The van der Waals surface area contributed by atoms with E-state index in [0.717, 1.165) is 36.8 Å². The van der Waals surface area contributed by atoms with E-state index in [1.807, 2.05) is 24.3 Å². The van der Waals surface area contributed by atoms with Crippen LogP contribution in [0.5, 0.6) is 0 Å². The van der Waals surface area contributed by atoms with Gasteiger partial charge in [0.05, 0.1) is 0 Å². The van der Waals surface area contributed by atoms with Crippen molar-refractivity contribution in [3.63, 3.8) is 0 Å². The Morgan fingerprint density at radius 2 is 1.91 bits per heavy atom. The fraction of sp³-hybridized carbons (Fsp3) is 0.412. The van der Waals surface area contributed by atoms with Crippen molar-refractivity contribution in [2.45, 2.75) is 38.5 Å².